The van der Waals surface area contributed by atoms with Crippen LogP contribution < -0.4 is 0 Å². The summed E-state index contributed by atoms with van der Waals surface area (Å²) < 4.78 is 2.32. The Morgan fingerprint density at radius 1 is 1.53 bits per heavy atom. The Bertz CT molecular complexity index is 456. The summed E-state index contributed by atoms with van der Waals surface area (Å²) in [5, 5.41) is 2.11. The summed E-state index contributed by atoms with van der Waals surface area (Å²) in [6, 6.07) is 4.23. The van der Waals surface area contributed by atoms with Gasteiger partial charge < -0.3 is 4.57 Å². The van der Waals surface area contributed by atoms with Gasteiger partial charge in [-0.2, -0.15) is 0 Å². The molecule has 0 radical (unpaired) electrons. The SMILES string of the molecule is CC1CCCn2cc(-c3cccs3)nc21. The molecule has 0 aromatic carbocycles. The Morgan fingerprint density at radius 3 is 3.20 bits per heavy atom. The fourth-order valence-electron chi connectivity index (χ4n) is 2.24. The molecule has 2 nitrogen and oxygen atoms in total. The normalized spacial score (nSPS) is 20.2. The zero-order chi connectivity index (χ0) is 10.3. The Kier molecular flexibility index (Phi) is 2.13. The molecule has 0 spiro atoms. The third-order valence-electron chi connectivity index (χ3n) is 3.06. The molecule has 15 heavy (non-hydrogen) atoms. The molecule has 3 heterocycles. The lowest BCUT2D eigenvalue weighted by Crippen LogP contribution is -2.12. The molecule has 1 aliphatic heterocycles. The molecule has 3 heteroatoms. The molecule has 0 amide bonds. The van der Waals surface area contributed by atoms with Crippen molar-refractivity contribution in [2.75, 3.05) is 0 Å². The summed E-state index contributed by atoms with van der Waals surface area (Å²) in [6.45, 7) is 3.41. The largest absolute Gasteiger partial charge is 0.334 e. The van der Waals surface area contributed by atoms with E-state index in [1.807, 2.05) is 0 Å². The van der Waals surface area contributed by atoms with Gasteiger partial charge in [-0.05, 0) is 24.3 Å². The van der Waals surface area contributed by atoms with Gasteiger partial charge in [0.2, 0.25) is 0 Å². The van der Waals surface area contributed by atoms with Gasteiger partial charge in [-0.3, -0.25) is 0 Å². The van der Waals surface area contributed by atoms with Gasteiger partial charge >= 0.3 is 0 Å². The molecule has 0 bridgehead atoms. The number of fused-ring (bicyclic) bond motifs is 1. The zero-order valence-corrected chi connectivity index (χ0v) is 9.63. The number of hydrogen-bond acceptors (Lipinski definition) is 2. The van der Waals surface area contributed by atoms with Crippen LogP contribution in [0.2, 0.25) is 0 Å². The number of imidazole rings is 1. The van der Waals surface area contributed by atoms with Crippen LogP contribution in [0.25, 0.3) is 10.6 Å². The second kappa shape index (κ2) is 3.49. The van der Waals surface area contributed by atoms with Crippen molar-refractivity contribution in [2.24, 2.45) is 0 Å². The van der Waals surface area contributed by atoms with E-state index in [1.165, 1.54) is 23.5 Å². The quantitative estimate of drug-likeness (QED) is 0.716. The number of aryl methyl sites for hydroxylation is 1. The van der Waals surface area contributed by atoms with E-state index in [2.05, 4.69) is 35.2 Å². The highest BCUT2D eigenvalue weighted by Crippen LogP contribution is 2.30. The molecular formula is C12H14N2S. The van der Waals surface area contributed by atoms with Crippen LogP contribution in [0.1, 0.15) is 31.5 Å². The predicted octanol–water partition coefficient (Wildman–Crippen LogP) is 3.51. The fraction of sp³-hybridized carbons (Fsp3) is 0.417. The lowest BCUT2D eigenvalue weighted by molar-refractivity contribution is 0.463. The van der Waals surface area contributed by atoms with E-state index in [0.717, 1.165) is 12.2 Å². The standard InChI is InChI=1S/C12H14N2S/c1-9-4-2-6-14-8-10(13-12(9)14)11-5-3-7-15-11/h3,5,7-9H,2,4,6H2,1H3. The molecule has 0 aliphatic carbocycles. The van der Waals surface area contributed by atoms with Crippen molar-refractivity contribution in [3.63, 3.8) is 0 Å². The van der Waals surface area contributed by atoms with Crippen molar-refractivity contribution in [1.82, 2.24) is 9.55 Å². The van der Waals surface area contributed by atoms with E-state index < -0.39 is 0 Å². The van der Waals surface area contributed by atoms with Crippen molar-refractivity contribution in [3.05, 3.63) is 29.5 Å². The number of aromatic nitrogens is 2. The summed E-state index contributed by atoms with van der Waals surface area (Å²) in [6.07, 6.45) is 4.77. The Labute approximate surface area is 93.6 Å². The minimum absolute atomic E-state index is 0.618. The van der Waals surface area contributed by atoms with Gasteiger partial charge in [0.1, 0.15) is 5.82 Å². The first kappa shape index (κ1) is 9.16. The Hall–Kier alpha value is -1.09. The Balaban J connectivity index is 2.06. The fourth-order valence-corrected chi connectivity index (χ4v) is 2.92. The Morgan fingerprint density at radius 2 is 2.47 bits per heavy atom. The molecule has 1 unspecified atom stereocenters. The van der Waals surface area contributed by atoms with Gasteiger partial charge in [-0.1, -0.05) is 13.0 Å². The molecule has 0 N–H and O–H groups in total. The van der Waals surface area contributed by atoms with Crippen LogP contribution in [0.3, 0.4) is 0 Å². The van der Waals surface area contributed by atoms with Crippen LogP contribution in [-0.4, -0.2) is 9.55 Å². The molecule has 0 saturated carbocycles. The maximum atomic E-state index is 4.75. The second-order valence-corrected chi connectivity index (χ2v) is 5.15. The van der Waals surface area contributed by atoms with E-state index in [4.69, 9.17) is 4.98 Å². The van der Waals surface area contributed by atoms with Crippen molar-refractivity contribution < 1.29 is 0 Å². The lowest BCUT2D eigenvalue weighted by Gasteiger charge is -2.19. The average molecular weight is 218 g/mol. The predicted molar refractivity (Wildman–Crippen MR) is 63.2 cm³/mol. The van der Waals surface area contributed by atoms with Gasteiger partial charge in [-0.25, -0.2) is 4.98 Å². The van der Waals surface area contributed by atoms with E-state index >= 15 is 0 Å². The topological polar surface area (TPSA) is 17.8 Å². The third kappa shape index (κ3) is 1.51. The molecule has 0 saturated heterocycles. The molecular weight excluding hydrogens is 204 g/mol. The maximum Gasteiger partial charge on any atom is 0.112 e. The van der Waals surface area contributed by atoms with Gasteiger partial charge in [0.15, 0.2) is 0 Å². The first-order valence-corrected chi connectivity index (χ1v) is 6.33. The highest BCUT2D eigenvalue weighted by Gasteiger charge is 2.19. The first-order chi connectivity index (χ1) is 7.34. The molecule has 2 aromatic rings. The van der Waals surface area contributed by atoms with E-state index in [0.29, 0.717) is 5.92 Å². The number of hydrogen-bond donors (Lipinski definition) is 0. The van der Waals surface area contributed by atoms with Crippen molar-refractivity contribution in [2.45, 2.75) is 32.2 Å². The lowest BCUT2D eigenvalue weighted by atomic mass is 10.0. The van der Waals surface area contributed by atoms with Crippen LogP contribution >= 0.6 is 11.3 Å². The number of thiophene rings is 1. The molecule has 3 rings (SSSR count). The van der Waals surface area contributed by atoms with Crippen molar-refractivity contribution in [3.8, 4) is 10.6 Å². The first-order valence-electron chi connectivity index (χ1n) is 5.45. The summed E-state index contributed by atoms with van der Waals surface area (Å²) in [5.41, 5.74) is 1.15. The van der Waals surface area contributed by atoms with E-state index in [-0.39, 0.29) is 0 Å². The summed E-state index contributed by atoms with van der Waals surface area (Å²) >= 11 is 1.76. The van der Waals surface area contributed by atoms with Gasteiger partial charge in [0.05, 0.1) is 10.6 Å². The van der Waals surface area contributed by atoms with Crippen LogP contribution in [0.15, 0.2) is 23.7 Å². The van der Waals surface area contributed by atoms with Crippen molar-refractivity contribution in [1.29, 1.82) is 0 Å². The van der Waals surface area contributed by atoms with Gasteiger partial charge in [0.25, 0.3) is 0 Å². The number of nitrogens with zero attached hydrogens (tertiary/aromatic N) is 2. The molecule has 78 valence electrons. The summed E-state index contributed by atoms with van der Waals surface area (Å²) in [5.74, 6) is 1.89. The second-order valence-electron chi connectivity index (χ2n) is 4.20. The molecule has 0 fully saturated rings. The van der Waals surface area contributed by atoms with Crippen LogP contribution in [0, 0.1) is 0 Å². The average Bonchev–Trinajstić information content (AvgIpc) is 2.86. The maximum absolute atomic E-state index is 4.75. The van der Waals surface area contributed by atoms with Gasteiger partial charge in [0, 0.05) is 18.7 Å². The minimum Gasteiger partial charge on any atom is -0.334 e. The van der Waals surface area contributed by atoms with E-state index in [1.54, 1.807) is 11.3 Å². The van der Waals surface area contributed by atoms with Crippen LogP contribution in [-0.2, 0) is 6.54 Å². The third-order valence-corrected chi connectivity index (χ3v) is 3.95. The molecule has 1 atom stereocenters. The smallest absolute Gasteiger partial charge is 0.112 e. The van der Waals surface area contributed by atoms with Gasteiger partial charge in [-0.15, -0.1) is 11.3 Å². The molecule has 2 aromatic heterocycles. The number of rotatable bonds is 1. The van der Waals surface area contributed by atoms with E-state index in [9.17, 15) is 0 Å². The summed E-state index contributed by atoms with van der Waals surface area (Å²) in [4.78, 5) is 6.03. The minimum atomic E-state index is 0.618. The van der Waals surface area contributed by atoms with Crippen LogP contribution in [0.5, 0.6) is 0 Å². The summed E-state index contributed by atoms with van der Waals surface area (Å²) in [7, 11) is 0. The zero-order valence-electron chi connectivity index (χ0n) is 8.81. The molecule has 1 aliphatic rings. The monoisotopic (exact) mass is 218 g/mol. The highest BCUT2D eigenvalue weighted by atomic mass is 32.1. The van der Waals surface area contributed by atoms with Crippen molar-refractivity contribution >= 4 is 11.3 Å². The highest BCUT2D eigenvalue weighted by molar-refractivity contribution is 7.13. The van der Waals surface area contributed by atoms with Crippen LogP contribution in [0.4, 0.5) is 0 Å².